The first kappa shape index (κ1) is 16.1. The van der Waals surface area contributed by atoms with Crippen LogP contribution in [-0.2, 0) is 13.0 Å². The van der Waals surface area contributed by atoms with Crippen LogP contribution in [-0.4, -0.2) is 19.0 Å². The van der Waals surface area contributed by atoms with E-state index in [4.69, 9.17) is 4.42 Å². The van der Waals surface area contributed by atoms with Crippen LogP contribution in [0.4, 0.5) is 4.39 Å². The molecule has 4 nitrogen and oxygen atoms in total. The molecule has 1 aromatic heterocycles. The fraction of sp³-hybridized carbons (Fsp3) is 0.353. The van der Waals surface area contributed by atoms with Gasteiger partial charge < -0.3 is 15.1 Å². The molecule has 0 amide bonds. The molecule has 2 aromatic rings. The fourth-order valence-electron chi connectivity index (χ4n) is 2.16. The second-order valence-corrected chi connectivity index (χ2v) is 5.02. The van der Waals surface area contributed by atoms with E-state index in [0.29, 0.717) is 6.54 Å². The predicted molar refractivity (Wildman–Crippen MR) is 86.4 cm³/mol. The Kier molecular flexibility index (Phi) is 6.01. The van der Waals surface area contributed by atoms with Crippen LogP contribution < -0.4 is 10.6 Å². The van der Waals surface area contributed by atoms with Crippen LogP contribution >= 0.6 is 0 Å². The lowest BCUT2D eigenvalue weighted by Gasteiger charge is -2.12. The van der Waals surface area contributed by atoms with Gasteiger partial charge in [0.15, 0.2) is 5.96 Å². The zero-order chi connectivity index (χ0) is 15.8. The van der Waals surface area contributed by atoms with Gasteiger partial charge in [0.2, 0.25) is 0 Å². The van der Waals surface area contributed by atoms with Crippen LogP contribution in [0.15, 0.2) is 46.0 Å². The lowest BCUT2D eigenvalue weighted by molar-refractivity contribution is 0.512. The number of rotatable bonds is 6. The van der Waals surface area contributed by atoms with Gasteiger partial charge in [0.1, 0.15) is 18.1 Å². The SMILES string of the molecule is CCNC(=NCc1ccco1)NCCc1ccc(F)cc1C. The molecule has 0 saturated carbocycles. The van der Waals surface area contributed by atoms with Crippen molar-refractivity contribution < 1.29 is 8.81 Å². The molecule has 1 aromatic carbocycles. The molecule has 0 bridgehead atoms. The van der Waals surface area contributed by atoms with Gasteiger partial charge in [0.05, 0.1) is 6.26 Å². The number of hydrogen-bond donors (Lipinski definition) is 2. The van der Waals surface area contributed by atoms with Gasteiger partial charge in [-0.05, 0) is 55.7 Å². The average Bonchev–Trinajstić information content (AvgIpc) is 3.00. The summed E-state index contributed by atoms with van der Waals surface area (Å²) in [6.07, 6.45) is 2.46. The van der Waals surface area contributed by atoms with E-state index in [0.717, 1.165) is 42.4 Å². The summed E-state index contributed by atoms with van der Waals surface area (Å²) in [6, 6.07) is 8.64. The minimum atomic E-state index is -0.192. The molecule has 1 heterocycles. The Morgan fingerprint density at radius 2 is 2.14 bits per heavy atom. The van der Waals surface area contributed by atoms with Gasteiger partial charge in [-0.1, -0.05) is 6.07 Å². The summed E-state index contributed by atoms with van der Waals surface area (Å²) in [5.74, 6) is 1.38. The van der Waals surface area contributed by atoms with Crippen molar-refractivity contribution in [1.82, 2.24) is 10.6 Å². The Labute approximate surface area is 130 Å². The minimum absolute atomic E-state index is 0.192. The standard InChI is InChI=1S/C17H22FN3O/c1-3-19-17(21-12-16-5-4-10-22-16)20-9-8-14-6-7-15(18)11-13(14)2/h4-7,10-11H,3,8-9,12H2,1-2H3,(H2,19,20,21). The highest BCUT2D eigenvalue weighted by Crippen LogP contribution is 2.10. The summed E-state index contributed by atoms with van der Waals surface area (Å²) in [7, 11) is 0. The van der Waals surface area contributed by atoms with Crippen LogP contribution in [0.3, 0.4) is 0 Å². The van der Waals surface area contributed by atoms with E-state index in [9.17, 15) is 4.39 Å². The Balaban J connectivity index is 1.87. The number of hydrogen-bond acceptors (Lipinski definition) is 2. The van der Waals surface area contributed by atoms with Crippen molar-refractivity contribution in [2.24, 2.45) is 4.99 Å². The summed E-state index contributed by atoms with van der Waals surface area (Å²) in [6.45, 7) is 5.97. The molecule has 0 atom stereocenters. The van der Waals surface area contributed by atoms with E-state index in [-0.39, 0.29) is 5.82 Å². The van der Waals surface area contributed by atoms with Crippen LogP contribution in [0.1, 0.15) is 23.8 Å². The predicted octanol–water partition coefficient (Wildman–Crippen LogP) is 3.02. The van der Waals surface area contributed by atoms with E-state index in [1.165, 1.54) is 6.07 Å². The zero-order valence-electron chi connectivity index (χ0n) is 13.0. The van der Waals surface area contributed by atoms with E-state index in [1.807, 2.05) is 32.0 Å². The van der Waals surface area contributed by atoms with Gasteiger partial charge in [-0.15, -0.1) is 0 Å². The molecular formula is C17H22FN3O. The van der Waals surface area contributed by atoms with Gasteiger partial charge in [0.25, 0.3) is 0 Å². The smallest absolute Gasteiger partial charge is 0.191 e. The van der Waals surface area contributed by atoms with Gasteiger partial charge in [-0.2, -0.15) is 0 Å². The maximum absolute atomic E-state index is 13.1. The monoisotopic (exact) mass is 303 g/mol. The van der Waals surface area contributed by atoms with Crippen LogP contribution in [0.5, 0.6) is 0 Å². The van der Waals surface area contributed by atoms with Crippen LogP contribution in [0.25, 0.3) is 0 Å². The van der Waals surface area contributed by atoms with Crippen molar-refractivity contribution in [3.63, 3.8) is 0 Å². The van der Waals surface area contributed by atoms with E-state index < -0.39 is 0 Å². The van der Waals surface area contributed by atoms with Crippen LogP contribution in [0, 0.1) is 12.7 Å². The van der Waals surface area contributed by atoms with Crippen molar-refractivity contribution in [3.8, 4) is 0 Å². The molecule has 0 aliphatic rings. The van der Waals surface area contributed by atoms with Crippen molar-refractivity contribution >= 4 is 5.96 Å². The normalized spacial score (nSPS) is 11.5. The second kappa shape index (κ2) is 8.22. The van der Waals surface area contributed by atoms with Gasteiger partial charge in [-0.25, -0.2) is 9.38 Å². The average molecular weight is 303 g/mol. The third-order valence-corrected chi connectivity index (χ3v) is 3.31. The van der Waals surface area contributed by atoms with E-state index in [1.54, 1.807) is 12.3 Å². The molecule has 0 saturated heterocycles. The Morgan fingerprint density at radius 1 is 1.27 bits per heavy atom. The maximum atomic E-state index is 13.1. The number of aryl methyl sites for hydroxylation is 1. The van der Waals surface area contributed by atoms with Crippen molar-refractivity contribution in [2.75, 3.05) is 13.1 Å². The summed E-state index contributed by atoms with van der Waals surface area (Å²) < 4.78 is 18.3. The van der Waals surface area contributed by atoms with E-state index in [2.05, 4.69) is 15.6 Å². The molecule has 0 spiro atoms. The summed E-state index contributed by atoms with van der Waals surface area (Å²) in [5.41, 5.74) is 2.11. The van der Waals surface area contributed by atoms with E-state index >= 15 is 0 Å². The third kappa shape index (κ3) is 4.91. The molecule has 0 aliphatic carbocycles. The summed E-state index contributed by atoms with van der Waals surface area (Å²) in [4.78, 5) is 4.46. The highest BCUT2D eigenvalue weighted by Gasteiger charge is 2.02. The quantitative estimate of drug-likeness (QED) is 0.637. The van der Waals surface area contributed by atoms with Gasteiger partial charge in [-0.3, -0.25) is 0 Å². The van der Waals surface area contributed by atoms with Gasteiger partial charge >= 0.3 is 0 Å². The first-order chi connectivity index (χ1) is 10.7. The molecule has 0 fully saturated rings. The summed E-state index contributed by atoms with van der Waals surface area (Å²) >= 11 is 0. The van der Waals surface area contributed by atoms with Crippen molar-refractivity contribution in [3.05, 3.63) is 59.3 Å². The number of nitrogens with one attached hydrogen (secondary N) is 2. The van der Waals surface area contributed by atoms with Crippen molar-refractivity contribution in [2.45, 2.75) is 26.8 Å². The molecule has 2 rings (SSSR count). The second-order valence-electron chi connectivity index (χ2n) is 5.02. The molecule has 118 valence electrons. The Hall–Kier alpha value is -2.30. The third-order valence-electron chi connectivity index (χ3n) is 3.31. The Bertz CT molecular complexity index is 608. The largest absolute Gasteiger partial charge is 0.467 e. The zero-order valence-corrected chi connectivity index (χ0v) is 13.0. The minimum Gasteiger partial charge on any atom is -0.467 e. The topological polar surface area (TPSA) is 49.6 Å². The lowest BCUT2D eigenvalue weighted by atomic mass is 10.1. The molecule has 22 heavy (non-hydrogen) atoms. The van der Waals surface area contributed by atoms with Crippen LogP contribution in [0.2, 0.25) is 0 Å². The first-order valence-corrected chi connectivity index (χ1v) is 7.48. The fourth-order valence-corrected chi connectivity index (χ4v) is 2.16. The number of furan rings is 1. The highest BCUT2D eigenvalue weighted by molar-refractivity contribution is 5.79. The first-order valence-electron chi connectivity index (χ1n) is 7.48. The Morgan fingerprint density at radius 3 is 2.82 bits per heavy atom. The molecule has 2 N–H and O–H groups in total. The number of aliphatic imine (C=N–C) groups is 1. The van der Waals surface area contributed by atoms with Crippen molar-refractivity contribution in [1.29, 1.82) is 0 Å². The molecule has 0 aliphatic heterocycles. The highest BCUT2D eigenvalue weighted by atomic mass is 19.1. The number of halogens is 1. The number of benzene rings is 1. The van der Waals surface area contributed by atoms with Gasteiger partial charge in [0, 0.05) is 13.1 Å². The number of nitrogens with zero attached hydrogens (tertiary/aromatic N) is 1. The maximum Gasteiger partial charge on any atom is 0.191 e. The summed E-state index contributed by atoms with van der Waals surface area (Å²) in [5, 5.41) is 6.47. The molecule has 0 radical (unpaired) electrons. The number of guanidine groups is 1. The molecular weight excluding hydrogens is 281 g/mol. The molecule has 5 heteroatoms. The lowest BCUT2D eigenvalue weighted by Crippen LogP contribution is -2.38. The molecule has 0 unspecified atom stereocenters.